The highest BCUT2D eigenvalue weighted by Gasteiger charge is 2.19. The summed E-state index contributed by atoms with van der Waals surface area (Å²) in [7, 11) is 0. The second-order valence-corrected chi connectivity index (χ2v) is 9.32. The average Bonchev–Trinajstić information content (AvgIpc) is 2.86. The highest BCUT2D eigenvalue weighted by molar-refractivity contribution is 6.16. The molecule has 0 aliphatic carbocycles. The van der Waals surface area contributed by atoms with Crippen molar-refractivity contribution in [3.63, 3.8) is 0 Å². The van der Waals surface area contributed by atoms with Crippen LogP contribution in [-0.2, 0) is 0 Å². The third kappa shape index (κ3) is 3.01. The van der Waals surface area contributed by atoms with Crippen LogP contribution in [0.3, 0.4) is 0 Å². The van der Waals surface area contributed by atoms with Gasteiger partial charge in [-0.05, 0) is 131 Å². The molecule has 0 spiro atoms. The van der Waals surface area contributed by atoms with Crippen LogP contribution in [0.5, 0.6) is 0 Å². The van der Waals surface area contributed by atoms with Crippen molar-refractivity contribution in [2.75, 3.05) is 0 Å². The molecule has 0 unspecified atom stereocenters. The van der Waals surface area contributed by atoms with Gasteiger partial charge in [-0.15, -0.1) is 0 Å². The van der Waals surface area contributed by atoms with Crippen molar-refractivity contribution in [2.45, 2.75) is 0 Å². The molecule has 0 radical (unpaired) electrons. The van der Waals surface area contributed by atoms with Crippen molar-refractivity contribution in [1.29, 1.82) is 0 Å². The lowest BCUT2D eigenvalue weighted by molar-refractivity contribution is 0.0653. The Hall–Kier alpha value is -4.96. The van der Waals surface area contributed by atoms with Gasteiger partial charge in [-0.3, -0.25) is 0 Å². The second kappa shape index (κ2) is 7.27. The van der Waals surface area contributed by atoms with Crippen LogP contribution < -0.4 is 0 Å². The van der Waals surface area contributed by atoms with Crippen molar-refractivity contribution < 1.29 is 19.8 Å². The molecule has 0 saturated heterocycles. The molecule has 4 heteroatoms. The van der Waals surface area contributed by atoms with Gasteiger partial charge in [-0.2, -0.15) is 0 Å². The van der Waals surface area contributed by atoms with Gasteiger partial charge in [0, 0.05) is 0 Å². The first-order valence-corrected chi connectivity index (χ1v) is 11.6. The van der Waals surface area contributed by atoms with Crippen LogP contribution in [0.15, 0.2) is 97.1 Å². The normalized spacial score (nSPS) is 11.8. The number of carbonyl (C=O) groups is 2. The highest BCUT2D eigenvalue weighted by Crippen LogP contribution is 2.34. The Morgan fingerprint density at radius 3 is 1.22 bits per heavy atom. The van der Waals surface area contributed by atoms with E-state index in [1.807, 2.05) is 18.2 Å². The molecule has 7 aromatic rings. The molecule has 0 fully saturated rings. The standard InChI is InChI=1S/C32H18O4/c33-31(34)28-6-5-19-9-22-12-25-13-23-10-20-7-17-3-1-2-4-18(17)8-21(20)11-24(23)14-26(25)15-27(22)16-29(19)30(28)32(35)36/h1-16H,(H,33,34)(H,35,36). The zero-order valence-electron chi connectivity index (χ0n) is 18.9. The van der Waals surface area contributed by atoms with Gasteiger partial charge < -0.3 is 10.2 Å². The maximum Gasteiger partial charge on any atom is 0.337 e. The number of hydrogen-bond donors (Lipinski definition) is 2. The van der Waals surface area contributed by atoms with Crippen LogP contribution in [-0.4, -0.2) is 22.2 Å². The number of rotatable bonds is 2. The van der Waals surface area contributed by atoms with Gasteiger partial charge in [0.1, 0.15) is 0 Å². The van der Waals surface area contributed by atoms with Crippen molar-refractivity contribution in [3.8, 4) is 0 Å². The van der Waals surface area contributed by atoms with E-state index in [0.717, 1.165) is 32.3 Å². The fraction of sp³-hybridized carbons (Fsp3) is 0. The Balaban J connectivity index is 1.51. The first-order valence-electron chi connectivity index (χ1n) is 11.6. The summed E-state index contributed by atoms with van der Waals surface area (Å²) in [4.78, 5) is 23.6. The molecule has 0 bridgehead atoms. The third-order valence-electron chi connectivity index (χ3n) is 7.15. The summed E-state index contributed by atoms with van der Waals surface area (Å²) in [6, 6.07) is 32.5. The van der Waals surface area contributed by atoms with E-state index in [9.17, 15) is 19.8 Å². The predicted octanol–water partition coefficient (Wildman–Crippen LogP) is 8.00. The minimum Gasteiger partial charge on any atom is -0.478 e. The molecule has 2 N–H and O–H groups in total. The second-order valence-electron chi connectivity index (χ2n) is 9.32. The molecule has 36 heavy (non-hydrogen) atoms. The quantitative estimate of drug-likeness (QED) is 0.253. The van der Waals surface area contributed by atoms with Crippen LogP contribution in [0, 0.1) is 0 Å². The van der Waals surface area contributed by atoms with Crippen LogP contribution >= 0.6 is 0 Å². The monoisotopic (exact) mass is 466 g/mol. The smallest absolute Gasteiger partial charge is 0.337 e. The SMILES string of the molecule is O=C(O)c1ccc2cc3cc4cc5cc6cc7ccccc7cc6cc5cc4cc3cc2c1C(=O)O. The summed E-state index contributed by atoms with van der Waals surface area (Å²) in [5.41, 5.74) is -0.389. The molecule has 0 atom stereocenters. The lowest BCUT2D eigenvalue weighted by Crippen LogP contribution is -2.08. The maximum atomic E-state index is 12.0. The van der Waals surface area contributed by atoms with Gasteiger partial charge in [0.2, 0.25) is 0 Å². The van der Waals surface area contributed by atoms with E-state index in [2.05, 4.69) is 60.7 Å². The van der Waals surface area contributed by atoms with Crippen LogP contribution in [0.25, 0.3) is 64.6 Å². The topological polar surface area (TPSA) is 74.6 Å². The molecule has 0 saturated carbocycles. The maximum absolute atomic E-state index is 12.0. The number of fused-ring (bicyclic) bond motifs is 6. The summed E-state index contributed by atoms with van der Waals surface area (Å²) in [5.74, 6) is -2.50. The molecular weight excluding hydrogens is 448 g/mol. The van der Waals surface area contributed by atoms with Crippen LogP contribution in [0.2, 0.25) is 0 Å². The number of aromatic carboxylic acids is 2. The van der Waals surface area contributed by atoms with Gasteiger partial charge in [-0.25, -0.2) is 9.59 Å². The van der Waals surface area contributed by atoms with E-state index < -0.39 is 11.9 Å². The molecule has 7 rings (SSSR count). The summed E-state index contributed by atoms with van der Waals surface area (Å²) >= 11 is 0. The lowest BCUT2D eigenvalue weighted by Gasteiger charge is -2.11. The molecule has 4 nitrogen and oxygen atoms in total. The van der Waals surface area contributed by atoms with Crippen LogP contribution in [0.1, 0.15) is 20.7 Å². The van der Waals surface area contributed by atoms with Gasteiger partial charge in [-0.1, -0.05) is 30.3 Å². The Kier molecular flexibility index (Phi) is 4.12. The van der Waals surface area contributed by atoms with E-state index in [1.165, 1.54) is 27.6 Å². The van der Waals surface area contributed by atoms with E-state index >= 15 is 0 Å². The number of benzene rings is 7. The lowest BCUT2D eigenvalue weighted by atomic mass is 9.93. The van der Waals surface area contributed by atoms with Gasteiger partial charge in [0.05, 0.1) is 11.1 Å². The Labute approximate surface area is 204 Å². The summed E-state index contributed by atoms with van der Waals surface area (Å²) in [6.45, 7) is 0. The van der Waals surface area contributed by atoms with E-state index in [0.29, 0.717) is 10.8 Å². The fourth-order valence-corrected chi connectivity index (χ4v) is 5.43. The molecule has 0 aliphatic rings. The minimum atomic E-state index is -1.25. The molecule has 0 aliphatic heterocycles. The number of carboxylic acid groups (broad SMARTS) is 2. The molecule has 7 aromatic carbocycles. The highest BCUT2D eigenvalue weighted by atomic mass is 16.4. The molecule has 0 heterocycles. The van der Waals surface area contributed by atoms with Crippen molar-refractivity contribution in [1.82, 2.24) is 0 Å². The number of hydrogen-bond acceptors (Lipinski definition) is 2. The third-order valence-corrected chi connectivity index (χ3v) is 7.15. The first-order chi connectivity index (χ1) is 17.4. The fourth-order valence-electron chi connectivity index (χ4n) is 5.43. The Morgan fingerprint density at radius 1 is 0.417 bits per heavy atom. The van der Waals surface area contributed by atoms with E-state index in [1.54, 1.807) is 12.1 Å². The molecular formula is C32H18O4. The van der Waals surface area contributed by atoms with Crippen molar-refractivity contribution in [3.05, 3.63) is 108 Å². The summed E-state index contributed by atoms with van der Waals surface area (Å²) in [6.07, 6.45) is 0. The number of carboxylic acids is 2. The zero-order valence-corrected chi connectivity index (χ0v) is 18.9. The Bertz CT molecular complexity index is 2100. The summed E-state index contributed by atoms with van der Waals surface area (Å²) in [5, 5.41) is 31.4. The molecule has 0 aromatic heterocycles. The largest absolute Gasteiger partial charge is 0.478 e. The van der Waals surface area contributed by atoms with Crippen molar-refractivity contribution in [2.24, 2.45) is 0 Å². The average molecular weight is 466 g/mol. The first kappa shape index (κ1) is 20.4. The van der Waals surface area contributed by atoms with E-state index in [-0.39, 0.29) is 11.1 Å². The minimum absolute atomic E-state index is 0.181. The van der Waals surface area contributed by atoms with Gasteiger partial charge in [0.25, 0.3) is 0 Å². The molecule has 0 amide bonds. The molecule has 170 valence electrons. The van der Waals surface area contributed by atoms with Crippen molar-refractivity contribution >= 4 is 76.6 Å². The van der Waals surface area contributed by atoms with Gasteiger partial charge in [0.15, 0.2) is 0 Å². The van der Waals surface area contributed by atoms with Crippen LogP contribution in [0.4, 0.5) is 0 Å². The van der Waals surface area contributed by atoms with Gasteiger partial charge >= 0.3 is 11.9 Å². The summed E-state index contributed by atoms with van der Waals surface area (Å²) < 4.78 is 0. The zero-order chi connectivity index (χ0) is 24.6. The predicted molar refractivity (Wildman–Crippen MR) is 145 cm³/mol. The van der Waals surface area contributed by atoms with E-state index in [4.69, 9.17) is 0 Å². The Morgan fingerprint density at radius 2 is 0.806 bits per heavy atom.